The molecule has 0 radical (unpaired) electrons. The molecule has 2 heterocycles. The lowest BCUT2D eigenvalue weighted by Gasteiger charge is -2.33. The highest BCUT2D eigenvalue weighted by molar-refractivity contribution is 5.91. The van der Waals surface area contributed by atoms with Crippen LogP contribution < -0.4 is 9.80 Å². The van der Waals surface area contributed by atoms with Crippen molar-refractivity contribution in [3.63, 3.8) is 0 Å². The summed E-state index contributed by atoms with van der Waals surface area (Å²) in [6, 6.07) is 33.5. The number of fused-ring (bicyclic) bond motifs is 2. The third-order valence-electron chi connectivity index (χ3n) is 10.1. The number of hydrogen-bond acceptors (Lipinski definition) is 4. The normalized spacial score (nSPS) is 14.2. The molecule has 0 bridgehead atoms. The van der Waals surface area contributed by atoms with Crippen molar-refractivity contribution in [2.24, 2.45) is 0 Å². The van der Waals surface area contributed by atoms with E-state index in [1.54, 1.807) is 12.1 Å². The molecule has 0 aliphatic carbocycles. The Morgan fingerprint density at radius 3 is 1.61 bits per heavy atom. The molecule has 0 saturated heterocycles. The third-order valence-corrected chi connectivity index (χ3v) is 10.1. The quantitative estimate of drug-likeness (QED) is 0.0868. The van der Waals surface area contributed by atoms with Gasteiger partial charge in [0.2, 0.25) is 0 Å². The average Bonchev–Trinajstić information content (AvgIpc) is 3.17. The van der Waals surface area contributed by atoms with Gasteiger partial charge in [0.05, 0.1) is 0 Å². The summed E-state index contributed by atoms with van der Waals surface area (Å²) < 4.78 is 0. The van der Waals surface area contributed by atoms with Gasteiger partial charge in [-0.05, 0) is 145 Å². The topological polar surface area (TPSA) is 67.6 Å². The van der Waals surface area contributed by atoms with Gasteiger partial charge in [-0.3, -0.25) is 0 Å². The zero-order valence-corrected chi connectivity index (χ0v) is 30.1. The SMILES string of the molecule is CCCCc1ccc(N2CCCc3cc(C(=CC=CC=C(C#N)C(=O)O)c4ccc5c(c4)CCCN5c4ccc(CCCC)cc4)ccc32)cc1. The van der Waals surface area contributed by atoms with Crippen molar-refractivity contribution in [2.75, 3.05) is 22.9 Å². The van der Waals surface area contributed by atoms with Crippen LogP contribution in [0.25, 0.3) is 5.57 Å². The van der Waals surface area contributed by atoms with Gasteiger partial charge in [-0.2, -0.15) is 5.26 Å². The van der Waals surface area contributed by atoms with Gasteiger partial charge in [-0.15, -0.1) is 0 Å². The largest absolute Gasteiger partial charge is 0.477 e. The first-order valence-electron chi connectivity index (χ1n) is 18.7. The Morgan fingerprint density at radius 1 is 0.706 bits per heavy atom. The standard InChI is InChI=1S/C46H49N3O2/c1-3-5-11-34-17-23-41(24-18-34)48-29-9-14-38-31-36(21-27-44(38)48)43(16-8-7-13-40(33-47)46(50)51)37-22-28-45-39(32-37)15-10-30-49(45)42-25-19-35(20-26-42)12-6-4-2/h7-8,13,16-28,31-32H,3-6,9-12,14-15,29-30H2,1-2H3,(H,50,51). The maximum Gasteiger partial charge on any atom is 0.346 e. The molecule has 2 aliphatic heterocycles. The summed E-state index contributed by atoms with van der Waals surface area (Å²) in [6.07, 6.45) is 18.1. The Morgan fingerprint density at radius 2 is 1.18 bits per heavy atom. The van der Waals surface area contributed by atoms with Crippen molar-refractivity contribution in [3.8, 4) is 6.07 Å². The lowest BCUT2D eigenvalue weighted by molar-refractivity contribution is -0.132. The highest BCUT2D eigenvalue weighted by atomic mass is 16.4. The summed E-state index contributed by atoms with van der Waals surface area (Å²) in [4.78, 5) is 16.3. The van der Waals surface area contributed by atoms with E-state index in [1.165, 1.54) is 76.8 Å². The number of rotatable bonds is 13. The second-order valence-electron chi connectivity index (χ2n) is 13.7. The minimum Gasteiger partial charge on any atom is -0.477 e. The molecule has 1 N–H and O–H groups in total. The van der Waals surface area contributed by atoms with Crippen molar-refractivity contribution >= 4 is 34.3 Å². The summed E-state index contributed by atoms with van der Waals surface area (Å²) >= 11 is 0. The number of aliphatic carboxylic acids is 1. The van der Waals surface area contributed by atoms with E-state index in [2.05, 4.69) is 109 Å². The number of carboxylic acid groups (broad SMARTS) is 1. The third kappa shape index (κ3) is 8.52. The molecule has 4 aromatic rings. The number of nitriles is 1. The van der Waals surface area contributed by atoms with Gasteiger partial charge in [0.1, 0.15) is 11.6 Å². The van der Waals surface area contributed by atoms with Crippen molar-refractivity contribution in [3.05, 3.63) is 148 Å². The average molecular weight is 676 g/mol. The highest BCUT2D eigenvalue weighted by Gasteiger charge is 2.22. The zero-order valence-electron chi connectivity index (χ0n) is 30.1. The molecule has 0 unspecified atom stereocenters. The van der Waals surface area contributed by atoms with Crippen LogP contribution in [0.2, 0.25) is 0 Å². The molecular formula is C46H49N3O2. The summed E-state index contributed by atoms with van der Waals surface area (Å²) in [5.41, 5.74) is 13.4. The van der Waals surface area contributed by atoms with Gasteiger partial charge >= 0.3 is 5.97 Å². The second-order valence-corrected chi connectivity index (χ2v) is 13.7. The van der Waals surface area contributed by atoms with Crippen LogP contribution in [0, 0.1) is 11.3 Å². The van der Waals surface area contributed by atoms with E-state index in [9.17, 15) is 15.2 Å². The Hall–Kier alpha value is -5.34. The van der Waals surface area contributed by atoms with E-state index in [1.807, 2.05) is 12.2 Å². The zero-order chi connectivity index (χ0) is 35.6. The van der Waals surface area contributed by atoms with Crippen LogP contribution in [-0.4, -0.2) is 24.2 Å². The van der Waals surface area contributed by atoms with E-state index in [0.29, 0.717) is 0 Å². The molecule has 260 valence electrons. The predicted molar refractivity (Wildman–Crippen MR) is 211 cm³/mol. The molecule has 6 rings (SSSR count). The second kappa shape index (κ2) is 17.1. The van der Waals surface area contributed by atoms with Gasteiger partial charge in [0.25, 0.3) is 0 Å². The van der Waals surface area contributed by atoms with E-state index >= 15 is 0 Å². The molecule has 5 heteroatoms. The van der Waals surface area contributed by atoms with Crippen molar-refractivity contribution in [1.29, 1.82) is 5.26 Å². The lowest BCUT2D eigenvalue weighted by Crippen LogP contribution is -2.24. The fourth-order valence-corrected chi connectivity index (χ4v) is 7.33. The summed E-state index contributed by atoms with van der Waals surface area (Å²) in [6.45, 7) is 6.46. The number of nitrogens with zero attached hydrogens (tertiary/aromatic N) is 3. The van der Waals surface area contributed by atoms with Gasteiger partial charge in [-0.1, -0.05) is 81.3 Å². The Bertz CT molecular complexity index is 1850. The fraction of sp³-hybridized carbons (Fsp3) is 0.304. The number of aryl methyl sites for hydroxylation is 4. The van der Waals surface area contributed by atoms with E-state index in [4.69, 9.17) is 0 Å². The lowest BCUT2D eigenvalue weighted by atomic mass is 9.90. The fourth-order valence-electron chi connectivity index (χ4n) is 7.33. The van der Waals surface area contributed by atoms with Crippen LogP contribution in [0.5, 0.6) is 0 Å². The molecule has 4 aromatic carbocycles. The van der Waals surface area contributed by atoms with Crippen LogP contribution in [0.4, 0.5) is 22.7 Å². The van der Waals surface area contributed by atoms with Gasteiger partial charge in [-0.25, -0.2) is 4.79 Å². The highest BCUT2D eigenvalue weighted by Crippen LogP contribution is 2.39. The molecule has 2 aliphatic rings. The van der Waals surface area contributed by atoms with E-state index in [-0.39, 0.29) is 5.57 Å². The van der Waals surface area contributed by atoms with Crippen molar-refractivity contribution in [2.45, 2.75) is 78.1 Å². The van der Waals surface area contributed by atoms with Crippen LogP contribution in [0.1, 0.15) is 85.8 Å². The molecule has 5 nitrogen and oxygen atoms in total. The first kappa shape index (κ1) is 35.5. The van der Waals surface area contributed by atoms with Gasteiger partial charge in [0, 0.05) is 35.8 Å². The summed E-state index contributed by atoms with van der Waals surface area (Å²) in [5, 5.41) is 18.6. The Kier molecular flexibility index (Phi) is 11.9. The number of carboxylic acids is 1. The number of anilines is 4. The number of unbranched alkanes of at least 4 members (excludes halogenated alkanes) is 2. The van der Waals surface area contributed by atoms with Crippen LogP contribution >= 0.6 is 0 Å². The van der Waals surface area contributed by atoms with E-state index < -0.39 is 5.97 Å². The Balaban J connectivity index is 1.33. The predicted octanol–water partition coefficient (Wildman–Crippen LogP) is 11.1. The monoisotopic (exact) mass is 675 g/mol. The molecule has 0 fully saturated rings. The Labute approximate surface area is 303 Å². The minimum atomic E-state index is -1.23. The smallest absolute Gasteiger partial charge is 0.346 e. The molecule has 0 atom stereocenters. The van der Waals surface area contributed by atoms with Crippen LogP contribution in [-0.2, 0) is 30.5 Å². The molecular weight excluding hydrogens is 627 g/mol. The molecule has 51 heavy (non-hydrogen) atoms. The number of benzene rings is 4. The maximum atomic E-state index is 11.4. The first-order chi connectivity index (χ1) is 25.0. The minimum absolute atomic E-state index is 0.291. The van der Waals surface area contributed by atoms with Crippen molar-refractivity contribution in [1.82, 2.24) is 0 Å². The molecule has 0 saturated carbocycles. The van der Waals surface area contributed by atoms with Crippen LogP contribution in [0.3, 0.4) is 0 Å². The van der Waals surface area contributed by atoms with Gasteiger partial charge in [0.15, 0.2) is 0 Å². The summed E-state index contributed by atoms with van der Waals surface area (Å²) in [5.74, 6) is -1.23. The maximum absolute atomic E-state index is 11.4. The first-order valence-corrected chi connectivity index (χ1v) is 18.7. The van der Waals surface area contributed by atoms with E-state index in [0.717, 1.165) is 68.3 Å². The van der Waals surface area contributed by atoms with Gasteiger partial charge < -0.3 is 14.9 Å². The van der Waals surface area contributed by atoms with Crippen molar-refractivity contribution < 1.29 is 9.90 Å². The molecule has 0 amide bonds. The molecule has 0 aromatic heterocycles. The number of hydrogen-bond donors (Lipinski definition) is 1. The number of allylic oxidation sites excluding steroid dienone is 4. The summed E-state index contributed by atoms with van der Waals surface area (Å²) in [7, 11) is 0. The molecule has 0 spiro atoms. The number of carbonyl (C=O) groups is 1. The van der Waals surface area contributed by atoms with Crippen LogP contribution in [0.15, 0.2) is 115 Å².